The Labute approximate surface area is 126 Å². The lowest BCUT2D eigenvalue weighted by Gasteiger charge is -2.30. The van der Waals surface area contributed by atoms with Gasteiger partial charge < -0.3 is 16.0 Å². The third kappa shape index (κ3) is 3.32. The van der Waals surface area contributed by atoms with Crippen molar-refractivity contribution in [3.05, 3.63) is 58.5 Å². The Morgan fingerprint density at radius 2 is 2.10 bits per heavy atom. The normalized spacial score (nSPS) is 13.6. The Bertz CT molecular complexity index is 674. The fourth-order valence-corrected chi connectivity index (χ4v) is 3.08. The number of aromatic amines is 1. The van der Waals surface area contributed by atoms with E-state index < -0.39 is 11.4 Å². The second-order valence-electron chi connectivity index (χ2n) is 4.41. The number of nitrogens with one attached hydrogen (secondary N) is 2. The van der Waals surface area contributed by atoms with Crippen LogP contribution in [0.25, 0.3) is 0 Å². The van der Waals surface area contributed by atoms with Crippen LogP contribution in [0.5, 0.6) is 0 Å². The van der Waals surface area contributed by atoms with Crippen LogP contribution in [-0.4, -0.2) is 28.7 Å². The van der Waals surface area contributed by atoms with Crippen LogP contribution in [0, 0.1) is 0 Å². The minimum absolute atomic E-state index is 0.235. The molecule has 2 rings (SSSR count). The van der Waals surface area contributed by atoms with E-state index in [0.717, 1.165) is 5.56 Å². The molecule has 1 aromatic heterocycles. The highest BCUT2D eigenvalue weighted by Gasteiger charge is 2.37. The summed E-state index contributed by atoms with van der Waals surface area (Å²) in [6.07, 6.45) is 1.43. The molecular formula is C14H16N4O2S. The summed E-state index contributed by atoms with van der Waals surface area (Å²) in [4.78, 5) is 29.9. The minimum atomic E-state index is -1.03. The van der Waals surface area contributed by atoms with Crippen LogP contribution in [0.1, 0.15) is 5.56 Å². The number of thioether (sulfide) groups is 1. The van der Waals surface area contributed by atoms with Gasteiger partial charge in [-0.05, 0) is 12.6 Å². The van der Waals surface area contributed by atoms with Gasteiger partial charge in [-0.25, -0.2) is 4.98 Å². The van der Waals surface area contributed by atoms with Crippen LogP contribution in [0.15, 0.2) is 52.5 Å². The van der Waals surface area contributed by atoms with E-state index in [1.807, 2.05) is 30.3 Å². The van der Waals surface area contributed by atoms with Crippen LogP contribution in [-0.2, 0) is 10.3 Å². The van der Waals surface area contributed by atoms with Crippen molar-refractivity contribution in [3.63, 3.8) is 0 Å². The zero-order chi connectivity index (χ0) is 15.3. The molecule has 0 aliphatic rings. The summed E-state index contributed by atoms with van der Waals surface area (Å²) in [5, 5.41) is 3.44. The lowest BCUT2D eigenvalue weighted by molar-refractivity contribution is -0.123. The first-order valence-electron chi connectivity index (χ1n) is 6.31. The Balaban J connectivity index is 2.29. The first kappa shape index (κ1) is 15.3. The number of carbonyl (C=O) groups excluding carboxylic acids is 1. The average Bonchev–Trinajstić information content (AvgIpc) is 2.49. The van der Waals surface area contributed by atoms with Crippen molar-refractivity contribution in [2.75, 3.05) is 12.8 Å². The monoisotopic (exact) mass is 304 g/mol. The van der Waals surface area contributed by atoms with Crippen molar-refractivity contribution in [2.24, 2.45) is 5.73 Å². The number of hydrogen-bond donors (Lipinski definition) is 3. The van der Waals surface area contributed by atoms with Crippen LogP contribution in [0.3, 0.4) is 0 Å². The maximum Gasteiger partial charge on any atom is 0.251 e. The van der Waals surface area contributed by atoms with E-state index in [1.54, 1.807) is 7.05 Å². The second-order valence-corrected chi connectivity index (χ2v) is 5.38. The van der Waals surface area contributed by atoms with Crippen LogP contribution in [0.4, 0.5) is 0 Å². The second kappa shape index (κ2) is 6.55. The third-order valence-corrected chi connectivity index (χ3v) is 4.25. The van der Waals surface area contributed by atoms with Gasteiger partial charge in [0, 0.05) is 18.0 Å². The van der Waals surface area contributed by atoms with Crippen LogP contribution < -0.4 is 16.6 Å². The minimum Gasteiger partial charge on any atom is -0.368 e. The summed E-state index contributed by atoms with van der Waals surface area (Å²) < 4.78 is 0. The van der Waals surface area contributed by atoms with Crippen LogP contribution >= 0.6 is 11.8 Å². The maximum atomic E-state index is 12.0. The Hall–Kier alpha value is -2.12. The number of amides is 1. The molecule has 1 unspecified atom stereocenters. The van der Waals surface area contributed by atoms with Gasteiger partial charge in [0.2, 0.25) is 5.91 Å². The molecule has 0 aliphatic carbocycles. The highest BCUT2D eigenvalue weighted by atomic mass is 32.2. The predicted molar refractivity (Wildman–Crippen MR) is 82.0 cm³/mol. The topological polar surface area (TPSA) is 101 Å². The summed E-state index contributed by atoms with van der Waals surface area (Å²) in [5.74, 6) is -0.169. The van der Waals surface area contributed by atoms with Gasteiger partial charge in [-0.15, -0.1) is 0 Å². The molecule has 0 saturated heterocycles. The lowest BCUT2D eigenvalue weighted by Crippen LogP contribution is -2.53. The molecule has 1 amide bonds. The van der Waals surface area contributed by atoms with Crippen molar-refractivity contribution in [1.82, 2.24) is 15.3 Å². The Morgan fingerprint density at radius 1 is 1.38 bits per heavy atom. The number of hydrogen-bond acceptors (Lipinski definition) is 5. The van der Waals surface area contributed by atoms with E-state index in [4.69, 9.17) is 5.73 Å². The standard InChI is InChI=1S/C14H16N4O2S/c1-16-14(12(15)20,10-5-3-2-4-6-10)9-21-13-17-8-7-11(19)18-13/h2-8,16H,9H2,1H3,(H2,15,20)(H,17,18,19). The van der Waals surface area contributed by atoms with Crippen molar-refractivity contribution < 1.29 is 4.79 Å². The quantitative estimate of drug-likeness (QED) is 0.532. The number of primary amides is 1. The fourth-order valence-electron chi connectivity index (χ4n) is 1.96. The van der Waals surface area contributed by atoms with Gasteiger partial charge >= 0.3 is 0 Å². The number of carbonyl (C=O) groups is 1. The largest absolute Gasteiger partial charge is 0.368 e. The lowest BCUT2D eigenvalue weighted by atomic mass is 9.91. The summed E-state index contributed by atoms with van der Waals surface area (Å²) >= 11 is 1.26. The molecule has 0 aliphatic heterocycles. The van der Waals surface area contributed by atoms with Crippen molar-refractivity contribution in [2.45, 2.75) is 10.7 Å². The number of nitrogens with two attached hydrogens (primary N) is 1. The maximum absolute atomic E-state index is 12.0. The smallest absolute Gasteiger partial charge is 0.251 e. The molecular weight excluding hydrogens is 288 g/mol. The predicted octanol–water partition coefficient (Wildman–Crippen LogP) is 0.462. The SMILES string of the molecule is CNC(CSc1nccc(=O)[nH]1)(C(N)=O)c1ccccc1. The van der Waals surface area contributed by atoms with Gasteiger partial charge in [-0.1, -0.05) is 42.1 Å². The molecule has 0 bridgehead atoms. The number of rotatable bonds is 6. The van der Waals surface area contributed by atoms with Crippen molar-refractivity contribution >= 4 is 17.7 Å². The molecule has 4 N–H and O–H groups in total. The number of aromatic nitrogens is 2. The summed E-state index contributed by atoms with van der Waals surface area (Å²) in [6, 6.07) is 10.6. The first-order chi connectivity index (χ1) is 10.1. The van der Waals surface area contributed by atoms with E-state index in [1.165, 1.54) is 24.0 Å². The van der Waals surface area contributed by atoms with Gasteiger partial charge in [0.15, 0.2) is 5.16 Å². The summed E-state index contributed by atoms with van der Waals surface area (Å²) in [6.45, 7) is 0. The number of nitrogens with zero attached hydrogens (tertiary/aromatic N) is 1. The fraction of sp³-hybridized carbons (Fsp3) is 0.214. The number of benzene rings is 1. The molecule has 1 heterocycles. The summed E-state index contributed by atoms with van der Waals surface area (Å²) in [7, 11) is 1.68. The Morgan fingerprint density at radius 3 is 2.67 bits per heavy atom. The molecule has 0 saturated carbocycles. The molecule has 0 fully saturated rings. The first-order valence-corrected chi connectivity index (χ1v) is 7.29. The van der Waals surface area contributed by atoms with Gasteiger partial charge in [0.05, 0.1) is 0 Å². The highest BCUT2D eigenvalue weighted by Crippen LogP contribution is 2.27. The van der Waals surface area contributed by atoms with Gasteiger partial charge in [-0.2, -0.15) is 0 Å². The zero-order valence-corrected chi connectivity index (χ0v) is 12.3. The molecule has 0 radical (unpaired) electrons. The van der Waals surface area contributed by atoms with E-state index in [0.29, 0.717) is 10.9 Å². The molecule has 21 heavy (non-hydrogen) atoms. The number of likely N-dealkylation sites (N-methyl/N-ethyl adjacent to an activating group) is 1. The van der Waals surface area contributed by atoms with E-state index in [9.17, 15) is 9.59 Å². The molecule has 110 valence electrons. The molecule has 7 heteroatoms. The van der Waals surface area contributed by atoms with E-state index in [2.05, 4.69) is 15.3 Å². The Kier molecular flexibility index (Phi) is 4.77. The highest BCUT2D eigenvalue weighted by molar-refractivity contribution is 7.99. The average molecular weight is 304 g/mol. The molecule has 1 atom stereocenters. The molecule has 6 nitrogen and oxygen atoms in total. The van der Waals surface area contributed by atoms with Gasteiger partial charge in [-0.3, -0.25) is 9.59 Å². The van der Waals surface area contributed by atoms with Crippen molar-refractivity contribution in [3.8, 4) is 0 Å². The van der Waals surface area contributed by atoms with E-state index in [-0.39, 0.29) is 5.56 Å². The summed E-state index contributed by atoms with van der Waals surface area (Å²) in [5.41, 5.74) is 5.11. The van der Waals surface area contributed by atoms with Gasteiger partial charge in [0.1, 0.15) is 5.54 Å². The van der Waals surface area contributed by atoms with Crippen molar-refractivity contribution in [1.29, 1.82) is 0 Å². The van der Waals surface area contributed by atoms with Gasteiger partial charge in [0.25, 0.3) is 5.56 Å². The van der Waals surface area contributed by atoms with Crippen LogP contribution in [0.2, 0.25) is 0 Å². The number of H-pyrrole nitrogens is 1. The van der Waals surface area contributed by atoms with E-state index >= 15 is 0 Å². The molecule has 2 aromatic rings. The molecule has 1 aromatic carbocycles. The molecule has 0 spiro atoms. The third-order valence-electron chi connectivity index (χ3n) is 3.19. The zero-order valence-electron chi connectivity index (χ0n) is 11.5.